The van der Waals surface area contributed by atoms with Gasteiger partial charge in [-0.05, 0) is 42.8 Å². The van der Waals surface area contributed by atoms with E-state index in [9.17, 15) is 4.79 Å². The topological polar surface area (TPSA) is 38.8 Å². The molecule has 0 aromatic heterocycles. The summed E-state index contributed by atoms with van der Waals surface area (Å²) in [6.45, 7) is 3.16. The van der Waals surface area contributed by atoms with Gasteiger partial charge in [-0.3, -0.25) is 0 Å². The van der Waals surface area contributed by atoms with Crippen molar-refractivity contribution in [3.05, 3.63) is 65.7 Å². The van der Waals surface area contributed by atoms with Crippen molar-refractivity contribution < 1.29 is 14.3 Å². The van der Waals surface area contributed by atoms with Crippen LogP contribution in [0.3, 0.4) is 0 Å². The number of ether oxygens (including phenoxy) is 2. The van der Waals surface area contributed by atoms with E-state index in [-0.39, 0.29) is 5.97 Å². The number of carbonyl (C=O) groups excluding carboxylic acids is 1. The second-order valence-electron chi connectivity index (χ2n) is 5.31. The van der Waals surface area contributed by atoms with Gasteiger partial charge in [0.1, 0.15) is 12.4 Å². The standard InChI is InChI=1S/C19H19NO3/c1-14-16(19(21)22-2)10-11-17-18(14)20(12-6-7-13-23-17)15-8-4-3-5-9-15/h3-11H,12-13H2,1-2H3/b7-6-. The molecule has 3 rings (SSSR count). The number of hydrogen-bond donors (Lipinski definition) is 0. The van der Waals surface area contributed by atoms with Crippen LogP contribution < -0.4 is 9.64 Å². The van der Waals surface area contributed by atoms with E-state index < -0.39 is 0 Å². The van der Waals surface area contributed by atoms with Crippen molar-refractivity contribution in [1.29, 1.82) is 0 Å². The molecule has 0 saturated carbocycles. The lowest BCUT2D eigenvalue weighted by Crippen LogP contribution is -2.22. The summed E-state index contributed by atoms with van der Waals surface area (Å²) < 4.78 is 10.7. The fraction of sp³-hybridized carbons (Fsp3) is 0.211. The maximum atomic E-state index is 12.0. The van der Waals surface area contributed by atoms with E-state index in [1.807, 2.05) is 49.4 Å². The van der Waals surface area contributed by atoms with Crippen molar-refractivity contribution in [2.75, 3.05) is 25.2 Å². The van der Waals surface area contributed by atoms with E-state index in [1.165, 1.54) is 7.11 Å². The first kappa shape index (κ1) is 15.2. The van der Waals surface area contributed by atoms with Crippen LogP contribution in [-0.2, 0) is 4.74 Å². The number of benzene rings is 2. The van der Waals surface area contributed by atoms with Crippen LogP contribution in [0, 0.1) is 6.92 Å². The Labute approximate surface area is 135 Å². The Morgan fingerprint density at radius 3 is 2.65 bits per heavy atom. The van der Waals surface area contributed by atoms with Crippen molar-refractivity contribution in [1.82, 2.24) is 0 Å². The molecule has 23 heavy (non-hydrogen) atoms. The van der Waals surface area contributed by atoms with Gasteiger partial charge >= 0.3 is 5.97 Å². The number of methoxy groups -OCH3 is 1. The van der Waals surface area contributed by atoms with E-state index in [1.54, 1.807) is 6.07 Å². The number of para-hydroxylation sites is 1. The molecule has 0 saturated heterocycles. The molecule has 0 unspecified atom stereocenters. The van der Waals surface area contributed by atoms with Gasteiger partial charge in [0.05, 0.1) is 18.4 Å². The Kier molecular flexibility index (Phi) is 4.33. The van der Waals surface area contributed by atoms with Gasteiger partial charge in [0.15, 0.2) is 0 Å². The molecule has 0 spiro atoms. The molecular formula is C19H19NO3. The number of esters is 1. The number of hydrogen-bond acceptors (Lipinski definition) is 4. The summed E-state index contributed by atoms with van der Waals surface area (Å²) in [5, 5.41) is 0. The highest BCUT2D eigenvalue weighted by atomic mass is 16.5. The molecule has 1 heterocycles. The number of rotatable bonds is 2. The Hall–Kier alpha value is -2.75. The molecule has 4 heteroatoms. The van der Waals surface area contributed by atoms with Crippen LogP contribution in [0.2, 0.25) is 0 Å². The van der Waals surface area contributed by atoms with E-state index >= 15 is 0 Å². The predicted octanol–water partition coefficient (Wildman–Crippen LogP) is 3.87. The fourth-order valence-corrected chi connectivity index (χ4v) is 2.78. The van der Waals surface area contributed by atoms with Gasteiger partial charge in [-0.25, -0.2) is 4.79 Å². The molecule has 4 nitrogen and oxygen atoms in total. The van der Waals surface area contributed by atoms with Crippen LogP contribution in [0.25, 0.3) is 0 Å². The van der Waals surface area contributed by atoms with Crippen LogP contribution in [0.5, 0.6) is 5.75 Å². The molecule has 0 bridgehead atoms. The van der Waals surface area contributed by atoms with Gasteiger partial charge in [0.2, 0.25) is 0 Å². The maximum Gasteiger partial charge on any atom is 0.338 e. The van der Waals surface area contributed by atoms with Crippen LogP contribution in [0.15, 0.2) is 54.6 Å². The SMILES string of the molecule is COC(=O)c1ccc2c(c1C)N(c1ccccc1)C/C=C\CO2. The van der Waals surface area contributed by atoms with Gasteiger partial charge < -0.3 is 14.4 Å². The van der Waals surface area contributed by atoms with Gasteiger partial charge in [-0.2, -0.15) is 0 Å². The summed E-state index contributed by atoms with van der Waals surface area (Å²) in [5.41, 5.74) is 3.37. The third-order valence-electron chi connectivity index (χ3n) is 3.93. The number of fused-ring (bicyclic) bond motifs is 1. The van der Waals surface area contributed by atoms with Crippen molar-refractivity contribution >= 4 is 17.3 Å². The van der Waals surface area contributed by atoms with Crippen LogP contribution in [0.4, 0.5) is 11.4 Å². The second-order valence-corrected chi connectivity index (χ2v) is 5.31. The first-order chi connectivity index (χ1) is 11.2. The molecule has 2 aromatic carbocycles. The normalized spacial score (nSPS) is 15.0. The minimum atomic E-state index is -0.337. The van der Waals surface area contributed by atoms with Crippen LogP contribution in [-0.4, -0.2) is 26.2 Å². The zero-order valence-electron chi connectivity index (χ0n) is 13.3. The van der Waals surface area contributed by atoms with E-state index in [2.05, 4.69) is 11.0 Å². The number of anilines is 2. The lowest BCUT2D eigenvalue weighted by atomic mass is 10.0. The van der Waals surface area contributed by atoms with Crippen LogP contribution in [0.1, 0.15) is 15.9 Å². The Morgan fingerprint density at radius 2 is 1.91 bits per heavy atom. The zero-order chi connectivity index (χ0) is 16.2. The molecule has 2 aromatic rings. The Balaban J connectivity index is 2.18. The first-order valence-electron chi connectivity index (χ1n) is 7.54. The van der Waals surface area contributed by atoms with Crippen molar-refractivity contribution in [2.45, 2.75) is 6.92 Å². The summed E-state index contributed by atoms with van der Waals surface area (Å²) in [6.07, 6.45) is 4.07. The minimum absolute atomic E-state index is 0.337. The highest BCUT2D eigenvalue weighted by Gasteiger charge is 2.22. The van der Waals surface area contributed by atoms with E-state index in [0.29, 0.717) is 18.7 Å². The molecule has 0 N–H and O–H groups in total. The first-order valence-corrected chi connectivity index (χ1v) is 7.54. The third kappa shape index (κ3) is 2.93. The van der Waals surface area contributed by atoms with Crippen LogP contribution >= 0.6 is 0 Å². The number of carbonyl (C=O) groups is 1. The highest BCUT2D eigenvalue weighted by Crippen LogP contribution is 2.39. The summed E-state index contributed by atoms with van der Waals surface area (Å²) >= 11 is 0. The third-order valence-corrected chi connectivity index (χ3v) is 3.93. The molecule has 118 valence electrons. The van der Waals surface area contributed by atoms with Gasteiger partial charge in [0, 0.05) is 12.2 Å². The van der Waals surface area contributed by atoms with E-state index in [4.69, 9.17) is 9.47 Å². The second kappa shape index (κ2) is 6.57. The lowest BCUT2D eigenvalue weighted by Gasteiger charge is -2.29. The molecule has 0 amide bonds. The molecule has 0 fully saturated rings. The quantitative estimate of drug-likeness (QED) is 0.623. The average Bonchev–Trinajstić information content (AvgIpc) is 2.56. The highest BCUT2D eigenvalue weighted by molar-refractivity contribution is 5.94. The summed E-state index contributed by atoms with van der Waals surface area (Å²) in [7, 11) is 1.40. The van der Waals surface area contributed by atoms with Crippen molar-refractivity contribution in [3.8, 4) is 5.75 Å². The van der Waals surface area contributed by atoms with Crippen molar-refractivity contribution in [2.24, 2.45) is 0 Å². The van der Waals surface area contributed by atoms with Crippen molar-refractivity contribution in [3.63, 3.8) is 0 Å². The molecule has 0 radical (unpaired) electrons. The van der Waals surface area contributed by atoms with E-state index in [0.717, 1.165) is 22.7 Å². The van der Waals surface area contributed by atoms with Gasteiger partial charge in [-0.15, -0.1) is 0 Å². The maximum absolute atomic E-state index is 12.0. The molecule has 0 aliphatic carbocycles. The zero-order valence-corrected chi connectivity index (χ0v) is 13.3. The lowest BCUT2D eigenvalue weighted by molar-refractivity contribution is 0.0600. The summed E-state index contributed by atoms with van der Waals surface area (Å²) in [6, 6.07) is 13.7. The minimum Gasteiger partial charge on any atom is -0.487 e. The van der Waals surface area contributed by atoms with Gasteiger partial charge in [-0.1, -0.05) is 24.3 Å². The fourth-order valence-electron chi connectivity index (χ4n) is 2.78. The molecule has 1 aliphatic rings. The summed E-state index contributed by atoms with van der Waals surface area (Å²) in [5.74, 6) is 0.430. The average molecular weight is 309 g/mol. The smallest absolute Gasteiger partial charge is 0.338 e. The predicted molar refractivity (Wildman–Crippen MR) is 90.6 cm³/mol. The largest absolute Gasteiger partial charge is 0.487 e. The molecule has 0 atom stereocenters. The molecule has 1 aliphatic heterocycles. The number of nitrogens with zero attached hydrogens (tertiary/aromatic N) is 1. The van der Waals surface area contributed by atoms with Gasteiger partial charge in [0.25, 0.3) is 0 Å². The Morgan fingerprint density at radius 1 is 1.13 bits per heavy atom. The Bertz CT molecular complexity index is 738. The molecular weight excluding hydrogens is 290 g/mol. The monoisotopic (exact) mass is 309 g/mol. The summed E-state index contributed by atoms with van der Waals surface area (Å²) in [4.78, 5) is 14.2.